The van der Waals surface area contributed by atoms with Crippen molar-refractivity contribution in [3.05, 3.63) is 29.6 Å². The van der Waals surface area contributed by atoms with Crippen LogP contribution in [0.3, 0.4) is 0 Å². The molecule has 1 aliphatic rings. The van der Waals surface area contributed by atoms with Gasteiger partial charge >= 0.3 is 0 Å². The quantitative estimate of drug-likeness (QED) is 0.623. The topological polar surface area (TPSA) is 102 Å². The first-order valence-corrected chi connectivity index (χ1v) is 7.80. The second-order valence-corrected chi connectivity index (χ2v) is 6.21. The lowest BCUT2D eigenvalue weighted by Gasteiger charge is -2.20. The Morgan fingerprint density at radius 2 is 2.15 bits per heavy atom. The summed E-state index contributed by atoms with van der Waals surface area (Å²) >= 11 is 0. The van der Waals surface area contributed by atoms with Gasteiger partial charge in [0, 0.05) is 12.6 Å². The zero-order valence-corrected chi connectivity index (χ0v) is 11.6. The number of hydrogen-bond donors (Lipinski definition) is 1. The molecule has 2 rings (SSSR count). The van der Waals surface area contributed by atoms with Crippen LogP contribution in [0.2, 0.25) is 0 Å². The van der Waals surface area contributed by atoms with E-state index in [1.54, 1.807) is 12.1 Å². The first kappa shape index (κ1) is 14.6. The largest absolute Gasteiger partial charge is 0.296 e. The van der Waals surface area contributed by atoms with Crippen LogP contribution in [0.25, 0.3) is 0 Å². The Bertz CT molecular complexity index is 624. The van der Waals surface area contributed by atoms with Crippen molar-refractivity contribution in [2.24, 2.45) is 0 Å². The molecule has 108 valence electrons. The van der Waals surface area contributed by atoms with Crippen LogP contribution >= 0.6 is 0 Å². The smallest absolute Gasteiger partial charge is 0.264 e. The Labute approximate surface area is 116 Å². The van der Waals surface area contributed by atoms with Crippen LogP contribution in [-0.4, -0.2) is 31.5 Å². The molecule has 0 aliphatic carbocycles. The molecular formula is C12H14N2O5S. The van der Waals surface area contributed by atoms with Crippen LogP contribution in [0.4, 0.5) is 0 Å². The number of imide groups is 1. The number of carbonyl (C=O) groups is 2. The number of nitrogens with one attached hydrogen (secondary N) is 1. The molecule has 20 heavy (non-hydrogen) atoms. The van der Waals surface area contributed by atoms with Crippen molar-refractivity contribution in [1.82, 2.24) is 10.3 Å². The maximum absolute atomic E-state index is 11.7. The van der Waals surface area contributed by atoms with E-state index in [4.69, 9.17) is 0 Å². The fraction of sp³-hybridized carbons (Fsp3) is 0.417. The van der Waals surface area contributed by atoms with Crippen LogP contribution in [0.5, 0.6) is 0 Å². The summed E-state index contributed by atoms with van der Waals surface area (Å²) in [5, 5.41) is 2.27. The van der Waals surface area contributed by atoms with E-state index in [1.165, 1.54) is 6.20 Å². The summed E-state index contributed by atoms with van der Waals surface area (Å²) in [7, 11) is -3.50. The highest BCUT2D eigenvalue weighted by molar-refractivity contribution is 7.85. The molecule has 0 saturated carbocycles. The highest BCUT2D eigenvalue weighted by Crippen LogP contribution is 2.23. The molecule has 1 unspecified atom stereocenters. The summed E-state index contributed by atoms with van der Waals surface area (Å²) in [6.45, 7) is -0.0958. The number of hydrogen-bond acceptors (Lipinski definition) is 6. The molecule has 2 heterocycles. The third kappa shape index (κ3) is 3.84. The van der Waals surface area contributed by atoms with E-state index in [-0.39, 0.29) is 24.8 Å². The van der Waals surface area contributed by atoms with Gasteiger partial charge in [0.25, 0.3) is 10.1 Å². The molecule has 0 aromatic carbocycles. The highest BCUT2D eigenvalue weighted by atomic mass is 32.2. The van der Waals surface area contributed by atoms with Gasteiger partial charge in [-0.25, -0.2) is 0 Å². The Morgan fingerprint density at radius 3 is 2.70 bits per heavy atom. The Kier molecular flexibility index (Phi) is 4.15. The molecule has 1 saturated heterocycles. The molecular weight excluding hydrogens is 284 g/mol. The Balaban J connectivity index is 2.04. The van der Waals surface area contributed by atoms with E-state index in [9.17, 15) is 18.0 Å². The average Bonchev–Trinajstić information content (AvgIpc) is 2.36. The second kappa shape index (κ2) is 5.68. The van der Waals surface area contributed by atoms with Crippen LogP contribution in [0.1, 0.15) is 30.0 Å². The minimum atomic E-state index is -3.50. The minimum Gasteiger partial charge on any atom is -0.296 e. The lowest BCUT2D eigenvalue weighted by atomic mass is 9.94. The molecule has 0 bridgehead atoms. The first-order chi connectivity index (χ1) is 9.35. The van der Waals surface area contributed by atoms with Crippen molar-refractivity contribution in [3.63, 3.8) is 0 Å². The standard InChI is InChI=1S/C12H14N2O5S/c1-20(17,18)19-7-8-2-4-10(13-6-8)9-3-5-11(15)14-12(9)16/h2,4,6,9H,3,5,7H2,1H3,(H,14,15,16). The zero-order valence-electron chi connectivity index (χ0n) is 10.8. The number of nitrogens with zero attached hydrogens (tertiary/aromatic N) is 1. The molecule has 1 aromatic heterocycles. The number of carbonyl (C=O) groups excluding carboxylic acids is 2. The Hall–Kier alpha value is -1.80. The van der Waals surface area contributed by atoms with Crippen LogP contribution in [-0.2, 0) is 30.5 Å². The summed E-state index contributed by atoms with van der Waals surface area (Å²) in [6, 6.07) is 3.29. The average molecular weight is 298 g/mol. The number of pyridine rings is 1. The van der Waals surface area contributed by atoms with E-state index in [0.29, 0.717) is 17.7 Å². The van der Waals surface area contributed by atoms with Gasteiger partial charge in [-0.1, -0.05) is 6.07 Å². The van der Waals surface area contributed by atoms with E-state index < -0.39 is 16.0 Å². The fourth-order valence-electron chi connectivity index (χ4n) is 1.88. The molecule has 2 amide bonds. The van der Waals surface area contributed by atoms with Crippen molar-refractivity contribution >= 4 is 21.9 Å². The van der Waals surface area contributed by atoms with Gasteiger partial charge in [0.15, 0.2) is 0 Å². The predicted octanol–water partition coefficient (Wildman–Crippen LogP) is 0.0780. The van der Waals surface area contributed by atoms with Gasteiger partial charge in [-0.05, 0) is 18.1 Å². The third-order valence-corrected chi connectivity index (χ3v) is 3.43. The van der Waals surface area contributed by atoms with E-state index in [1.807, 2.05) is 0 Å². The number of rotatable bonds is 4. The Morgan fingerprint density at radius 1 is 1.40 bits per heavy atom. The lowest BCUT2D eigenvalue weighted by Crippen LogP contribution is -2.39. The van der Waals surface area contributed by atoms with Crippen LogP contribution < -0.4 is 5.32 Å². The zero-order chi connectivity index (χ0) is 14.8. The third-order valence-electron chi connectivity index (χ3n) is 2.88. The fourth-order valence-corrected chi connectivity index (χ4v) is 2.23. The molecule has 7 nitrogen and oxygen atoms in total. The summed E-state index contributed by atoms with van der Waals surface area (Å²) in [6.07, 6.45) is 3.15. The molecule has 0 spiro atoms. The summed E-state index contributed by atoms with van der Waals surface area (Å²) in [4.78, 5) is 26.9. The first-order valence-electron chi connectivity index (χ1n) is 5.98. The van der Waals surface area contributed by atoms with Gasteiger partial charge in [0.1, 0.15) is 0 Å². The van der Waals surface area contributed by atoms with Gasteiger partial charge in [-0.2, -0.15) is 8.42 Å². The predicted molar refractivity (Wildman–Crippen MR) is 69.0 cm³/mol. The van der Waals surface area contributed by atoms with Crippen molar-refractivity contribution < 1.29 is 22.2 Å². The summed E-state index contributed by atoms with van der Waals surface area (Å²) in [5.41, 5.74) is 1.14. The SMILES string of the molecule is CS(=O)(=O)OCc1ccc(C2CCC(=O)NC2=O)nc1. The summed E-state index contributed by atoms with van der Waals surface area (Å²) in [5.74, 6) is -1.07. The molecule has 8 heteroatoms. The molecule has 1 aliphatic heterocycles. The van der Waals surface area contributed by atoms with Crippen molar-refractivity contribution in [2.45, 2.75) is 25.4 Å². The summed E-state index contributed by atoms with van der Waals surface area (Å²) < 4.78 is 26.4. The van der Waals surface area contributed by atoms with Gasteiger partial charge in [-0.15, -0.1) is 0 Å². The minimum absolute atomic E-state index is 0.0958. The monoisotopic (exact) mass is 298 g/mol. The van der Waals surface area contributed by atoms with Crippen LogP contribution in [0, 0.1) is 0 Å². The molecule has 1 fully saturated rings. The maximum atomic E-state index is 11.7. The van der Waals surface area contributed by atoms with Crippen molar-refractivity contribution in [2.75, 3.05) is 6.26 Å². The number of aromatic nitrogens is 1. The normalized spacial score (nSPS) is 19.8. The lowest BCUT2D eigenvalue weighted by molar-refractivity contribution is -0.134. The van der Waals surface area contributed by atoms with Gasteiger partial charge in [-0.3, -0.25) is 24.1 Å². The van der Waals surface area contributed by atoms with E-state index in [0.717, 1.165) is 6.26 Å². The van der Waals surface area contributed by atoms with Crippen LogP contribution in [0.15, 0.2) is 18.3 Å². The number of piperidine rings is 1. The second-order valence-electron chi connectivity index (χ2n) is 4.56. The molecule has 1 aromatic rings. The van der Waals surface area contributed by atoms with Gasteiger partial charge in [0.2, 0.25) is 11.8 Å². The van der Waals surface area contributed by atoms with Gasteiger partial charge in [0.05, 0.1) is 24.5 Å². The molecule has 1 atom stereocenters. The molecule has 1 N–H and O–H groups in total. The highest BCUT2D eigenvalue weighted by Gasteiger charge is 2.28. The van der Waals surface area contributed by atoms with Crippen molar-refractivity contribution in [3.8, 4) is 0 Å². The van der Waals surface area contributed by atoms with E-state index in [2.05, 4.69) is 14.5 Å². The van der Waals surface area contributed by atoms with Gasteiger partial charge < -0.3 is 0 Å². The maximum Gasteiger partial charge on any atom is 0.264 e. The number of amides is 2. The van der Waals surface area contributed by atoms with Crippen molar-refractivity contribution in [1.29, 1.82) is 0 Å². The van der Waals surface area contributed by atoms with E-state index >= 15 is 0 Å². The molecule has 0 radical (unpaired) electrons.